The standard InChI is InChI=1S/C9H12N4S2/c1-2-10-4-3-8-12-13-9(15-8)7-5-14-6-11-7/h5-6,10H,2-4H2,1H3. The molecule has 0 fully saturated rings. The van der Waals surface area contributed by atoms with E-state index < -0.39 is 0 Å². The minimum absolute atomic E-state index is 0.919. The van der Waals surface area contributed by atoms with Crippen molar-refractivity contribution in [3.05, 3.63) is 15.9 Å². The van der Waals surface area contributed by atoms with Gasteiger partial charge in [-0.15, -0.1) is 21.5 Å². The highest BCUT2D eigenvalue weighted by atomic mass is 32.1. The van der Waals surface area contributed by atoms with E-state index in [1.807, 2.05) is 10.9 Å². The molecule has 0 unspecified atom stereocenters. The molecule has 2 aromatic rings. The van der Waals surface area contributed by atoms with Crippen molar-refractivity contribution < 1.29 is 0 Å². The Bertz CT molecular complexity index is 396. The topological polar surface area (TPSA) is 50.7 Å². The fraction of sp³-hybridized carbons (Fsp3) is 0.444. The Morgan fingerprint density at radius 1 is 1.40 bits per heavy atom. The van der Waals surface area contributed by atoms with Crippen LogP contribution in [0.3, 0.4) is 0 Å². The number of rotatable bonds is 5. The smallest absolute Gasteiger partial charge is 0.167 e. The van der Waals surface area contributed by atoms with Gasteiger partial charge in [0.25, 0.3) is 0 Å². The van der Waals surface area contributed by atoms with E-state index in [1.54, 1.807) is 22.7 Å². The largest absolute Gasteiger partial charge is 0.317 e. The van der Waals surface area contributed by atoms with E-state index in [1.165, 1.54) is 0 Å². The van der Waals surface area contributed by atoms with Gasteiger partial charge in [0.2, 0.25) is 0 Å². The van der Waals surface area contributed by atoms with Crippen molar-refractivity contribution in [3.8, 4) is 10.7 Å². The lowest BCUT2D eigenvalue weighted by Gasteiger charge is -1.95. The van der Waals surface area contributed by atoms with Crippen LogP contribution in [0.15, 0.2) is 10.9 Å². The van der Waals surface area contributed by atoms with Gasteiger partial charge in [-0.05, 0) is 6.54 Å². The van der Waals surface area contributed by atoms with Gasteiger partial charge in [0, 0.05) is 18.3 Å². The molecule has 2 aromatic heterocycles. The van der Waals surface area contributed by atoms with Crippen molar-refractivity contribution in [1.29, 1.82) is 0 Å². The first-order chi connectivity index (χ1) is 7.40. The van der Waals surface area contributed by atoms with Crippen LogP contribution >= 0.6 is 22.7 Å². The minimum Gasteiger partial charge on any atom is -0.317 e. The minimum atomic E-state index is 0.919. The van der Waals surface area contributed by atoms with Crippen molar-refractivity contribution >= 4 is 22.7 Å². The van der Waals surface area contributed by atoms with Crippen molar-refractivity contribution in [2.75, 3.05) is 13.1 Å². The third-order valence-electron chi connectivity index (χ3n) is 1.88. The lowest BCUT2D eigenvalue weighted by Crippen LogP contribution is -2.15. The first-order valence-electron chi connectivity index (χ1n) is 4.82. The quantitative estimate of drug-likeness (QED) is 0.810. The molecule has 15 heavy (non-hydrogen) atoms. The van der Waals surface area contributed by atoms with Crippen LogP contribution in [0.25, 0.3) is 10.7 Å². The molecule has 0 amide bonds. The SMILES string of the molecule is CCNCCc1nnc(-c2cscn2)s1. The van der Waals surface area contributed by atoms with E-state index in [2.05, 4.69) is 27.4 Å². The predicted molar refractivity (Wildman–Crippen MR) is 63.3 cm³/mol. The number of hydrogen-bond acceptors (Lipinski definition) is 6. The number of aromatic nitrogens is 3. The number of nitrogens with zero attached hydrogens (tertiary/aromatic N) is 3. The molecule has 0 saturated heterocycles. The molecule has 0 atom stereocenters. The van der Waals surface area contributed by atoms with Crippen LogP contribution in [-0.4, -0.2) is 28.3 Å². The maximum atomic E-state index is 4.21. The molecule has 0 aliphatic carbocycles. The summed E-state index contributed by atoms with van der Waals surface area (Å²) in [7, 11) is 0. The average molecular weight is 240 g/mol. The van der Waals surface area contributed by atoms with Crippen LogP contribution in [0, 0.1) is 0 Å². The fourth-order valence-electron chi connectivity index (χ4n) is 1.15. The molecule has 2 heterocycles. The van der Waals surface area contributed by atoms with Crippen molar-refractivity contribution in [3.63, 3.8) is 0 Å². The normalized spacial score (nSPS) is 10.7. The Balaban J connectivity index is 1.98. The molecule has 0 aliphatic rings. The van der Waals surface area contributed by atoms with Crippen LogP contribution in [0.5, 0.6) is 0 Å². The molecule has 0 bridgehead atoms. The van der Waals surface area contributed by atoms with E-state index in [4.69, 9.17) is 0 Å². The highest BCUT2D eigenvalue weighted by molar-refractivity contribution is 7.15. The zero-order valence-electron chi connectivity index (χ0n) is 8.43. The summed E-state index contributed by atoms with van der Waals surface area (Å²) in [5.74, 6) is 0. The highest BCUT2D eigenvalue weighted by Crippen LogP contribution is 2.22. The Kier molecular flexibility index (Phi) is 3.76. The zero-order chi connectivity index (χ0) is 10.5. The third kappa shape index (κ3) is 2.80. The summed E-state index contributed by atoms with van der Waals surface area (Å²) in [4.78, 5) is 4.21. The molecule has 0 aliphatic heterocycles. The van der Waals surface area contributed by atoms with E-state index in [9.17, 15) is 0 Å². The third-order valence-corrected chi connectivity index (χ3v) is 3.48. The highest BCUT2D eigenvalue weighted by Gasteiger charge is 2.07. The Labute approximate surface area is 96.4 Å². The summed E-state index contributed by atoms with van der Waals surface area (Å²) in [6, 6.07) is 0. The molecule has 1 N–H and O–H groups in total. The summed E-state index contributed by atoms with van der Waals surface area (Å²) in [6.45, 7) is 4.06. The lowest BCUT2D eigenvalue weighted by atomic mass is 10.4. The van der Waals surface area contributed by atoms with Crippen LogP contribution in [0.2, 0.25) is 0 Å². The molecule has 80 valence electrons. The molecule has 0 aromatic carbocycles. The first kappa shape index (κ1) is 10.7. The van der Waals surface area contributed by atoms with Gasteiger partial charge in [0.05, 0.1) is 5.51 Å². The number of thiazole rings is 1. The van der Waals surface area contributed by atoms with Crippen molar-refractivity contribution in [1.82, 2.24) is 20.5 Å². The zero-order valence-corrected chi connectivity index (χ0v) is 10.1. The van der Waals surface area contributed by atoms with Gasteiger partial charge in [-0.25, -0.2) is 4.98 Å². The van der Waals surface area contributed by atoms with Crippen LogP contribution < -0.4 is 5.32 Å². The van der Waals surface area contributed by atoms with Crippen molar-refractivity contribution in [2.45, 2.75) is 13.3 Å². The van der Waals surface area contributed by atoms with Crippen molar-refractivity contribution in [2.24, 2.45) is 0 Å². The molecule has 4 nitrogen and oxygen atoms in total. The molecular formula is C9H12N4S2. The summed E-state index contributed by atoms with van der Waals surface area (Å²) in [5.41, 5.74) is 2.75. The molecule has 0 spiro atoms. The van der Waals surface area contributed by atoms with E-state index in [0.717, 1.165) is 35.2 Å². The number of nitrogens with one attached hydrogen (secondary N) is 1. The summed E-state index contributed by atoms with van der Waals surface area (Å²) in [6.07, 6.45) is 0.940. The second-order valence-corrected chi connectivity index (χ2v) is 4.76. The second-order valence-electron chi connectivity index (χ2n) is 2.98. The fourth-order valence-corrected chi connectivity index (χ4v) is 2.57. The Morgan fingerprint density at radius 3 is 3.07 bits per heavy atom. The summed E-state index contributed by atoms with van der Waals surface area (Å²) >= 11 is 3.20. The van der Waals surface area contributed by atoms with Crippen LogP contribution in [-0.2, 0) is 6.42 Å². The average Bonchev–Trinajstić information content (AvgIpc) is 2.87. The van der Waals surface area contributed by atoms with E-state index >= 15 is 0 Å². The number of hydrogen-bond donors (Lipinski definition) is 1. The Hall–Kier alpha value is -0.850. The molecule has 0 saturated carbocycles. The lowest BCUT2D eigenvalue weighted by molar-refractivity contribution is 0.710. The van der Waals surface area contributed by atoms with Gasteiger partial charge in [-0.3, -0.25) is 0 Å². The molecule has 0 radical (unpaired) electrons. The maximum absolute atomic E-state index is 4.21. The van der Waals surface area contributed by atoms with Gasteiger partial charge < -0.3 is 5.32 Å². The van der Waals surface area contributed by atoms with Gasteiger partial charge in [0.15, 0.2) is 5.01 Å². The summed E-state index contributed by atoms with van der Waals surface area (Å²) in [5, 5.41) is 15.5. The first-order valence-corrected chi connectivity index (χ1v) is 6.57. The van der Waals surface area contributed by atoms with Crippen LogP contribution in [0.1, 0.15) is 11.9 Å². The molecule has 6 heteroatoms. The van der Waals surface area contributed by atoms with Gasteiger partial charge in [0.1, 0.15) is 10.7 Å². The monoisotopic (exact) mass is 240 g/mol. The molecule has 2 rings (SSSR count). The van der Waals surface area contributed by atoms with Gasteiger partial charge in [-0.1, -0.05) is 18.3 Å². The predicted octanol–water partition coefficient (Wildman–Crippen LogP) is 1.81. The Morgan fingerprint density at radius 2 is 2.33 bits per heavy atom. The molecular weight excluding hydrogens is 228 g/mol. The number of likely N-dealkylation sites (N-methyl/N-ethyl adjacent to an activating group) is 1. The second kappa shape index (κ2) is 5.29. The van der Waals surface area contributed by atoms with E-state index in [-0.39, 0.29) is 0 Å². The maximum Gasteiger partial charge on any atom is 0.167 e. The van der Waals surface area contributed by atoms with Gasteiger partial charge >= 0.3 is 0 Å². The van der Waals surface area contributed by atoms with Crippen LogP contribution in [0.4, 0.5) is 0 Å². The van der Waals surface area contributed by atoms with E-state index in [0.29, 0.717) is 0 Å². The summed E-state index contributed by atoms with van der Waals surface area (Å²) < 4.78 is 0. The van der Waals surface area contributed by atoms with Gasteiger partial charge in [-0.2, -0.15) is 0 Å².